The van der Waals surface area contributed by atoms with Crippen LogP contribution in [0.15, 0.2) is 0 Å². The molecule has 19 heavy (non-hydrogen) atoms. The van der Waals surface area contributed by atoms with Gasteiger partial charge < -0.3 is 14.6 Å². The van der Waals surface area contributed by atoms with Gasteiger partial charge >= 0.3 is 5.97 Å². The molecule has 0 amide bonds. The van der Waals surface area contributed by atoms with E-state index in [0.29, 0.717) is 24.3 Å². The van der Waals surface area contributed by atoms with E-state index in [9.17, 15) is 9.90 Å². The van der Waals surface area contributed by atoms with E-state index in [1.165, 1.54) is 7.11 Å². The first-order valence-electron chi connectivity index (χ1n) is 6.41. The van der Waals surface area contributed by atoms with E-state index in [-0.39, 0.29) is 5.97 Å². The van der Waals surface area contributed by atoms with Gasteiger partial charge in [-0.25, -0.2) is 4.79 Å². The summed E-state index contributed by atoms with van der Waals surface area (Å²) < 4.78 is 10.8. The molecule has 1 atom stereocenters. The van der Waals surface area contributed by atoms with Crippen LogP contribution in [0, 0.1) is 20.8 Å². The zero-order valence-electron chi connectivity index (χ0n) is 12.1. The SMILES string of the molecule is COC(=O)[C@]1(C)CCc2c(C)c(O)c(C)c(C)c2O1. The lowest BCUT2D eigenvalue weighted by molar-refractivity contribution is -0.159. The molecular weight excluding hydrogens is 244 g/mol. The number of rotatable bonds is 1. The first-order valence-corrected chi connectivity index (χ1v) is 6.41. The fourth-order valence-corrected chi connectivity index (χ4v) is 2.61. The van der Waals surface area contributed by atoms with Crippen LogP contribution < -0.4 is 4.74 Å². The topological polar surface area (TPSA) is 55.8 Å². The fraction of sp³-hybridized carbons (Fsp3) is 0.533. The van der Waals surface area contributed by atoms with Gasteiger partial charge in [0.2, 0.25) is 5.60 Å². The maximum absolute atomic E-state index is 11.8. The van der Waals surface area contributed by atoms with Crippen LogP contribution in [0.1, 0.15) is 35.6 Å². The predicted molar refractivity (Wildman–Crippen MR) is 71.7 cm³/mol. The third kappa shape index (κ3) is 1.95. The van der Waals surface area contributed by atoms with E-state index in [1.54, 1.807) is 6.92 Å². The Labute approximate surface area is 113 Å². The molecule has 0 saturated heterocycles. The number of phenols is 1. The molecule has 1 heterocycles. The normalized spacial score (nSPS) is 21.5. The molecule has 0 aromatic heterocycles. The van der Waals surface area contributed by atoms with Gasteiger partial charge in [-0.1, -0.05) is 0 Å². The number of hydrogen-bond donors (Lipinski definition) is 1. The zero-order valence-corrected chi connectivity index (χ0v) is 12.1. The number of fused-ring (bicyclic) bond motifs is 1. The Morgan fingerprint density at radius 2 is 1.89 bits per heavy atom. The van der Waals surface area contributed by atoms with Crippen molar-refractivity contribution in [2.24, 2.45) is 0 Å². The molecule has 0 spiro atoms. The van der Waals surface area contributed by atoms with Crippen LogP contribution in [0.2, 0.25) is 0 Å². The summed E-state index contributed by atoms with van der Waals surface area (Å²) in [5.74, 6) is 0.675. The van der Waals surface area contributed by atoms with Gasteiger partial charge in [0, 0.05) is 12.0 Å². The van der Waals surface area contributed by atoms with Crippen molar-refractivity contribution in [3.05, 3.63) is 22.3 Å². The Balaban J connectivity index is 2.55. The minimum Gasteiger partial charge on any atom is -0.507 e. The molecule has 1 N–H and O–H groups in total. The molecule has 2 rings (SSSR count). The second-order valence-electron chi connectivity index (χ2n) is 5.36. The second kappa shape index (κ2) is 4.44. The van der Waals surface area contributed by atoms with Gasteiger partial charge in [-0.2, -0.15) is 0 Å². The predicted octanol–water partition coefficient (Wildman–Crippen LogP) is 2.57. The quantitative estimate of drug-likeness (QED) is 0.792. The highest BCUT2D eigenvalue weighted by atomic mass is 16.6. The summed E-state index contributed by atoms with van der Waals surface area (Å²) in [6.07, 6.45) is 1.25. The van der Waals surface area contributed by atoms with E-state index in [1.807, 2.05) is 20.8 Å². The molecule has 0 unspecified atom stereocenters. The third-order valence-corrected chi connectivity index (χ3v) is 4.14. The first-order chi connectivity index (χ1) is 8.81. The highest BCUT2D eigenvalue weighted by Crippen LogP contribution is 2.43. The molecular formula is C15H20O4. The van der Waals surface area contributed by atoms with Gasteiger partial charge in [-0.3, -0.25) is 0 Å². The molecule has 4 heteroatoms. The summed E-state index contributed by atoms with van der Waals surface area (Å²) in [6.45, 7) is 7.38. The molecule has 0 fully saturated rings. The van der Waals surface area contributed by atoms with Gasteiger partial charge in [-0.15, -0.1) is 0 Å². The van der Waals surface area contributed by atoms with Crippen LogP contribution >= 0.6 is 0 Å². The van der Waals surface area contributed by atoms with Gasteiger partial charge in [0.25, 0.3) is 0 Å². The van der Waals surface area contributed by atoms with Crippen molar-refractivity contribution in [3.63, 3.8) is 0 Å². The van der Waals surface area contributed by atoms with Crippen molar-refractivity contribution in [2.75, 3.05) is 7.11 Å². The van der Waals surface area contributed by atoms with E-state index < -0.39 is 5.60 Å². The van der Waals surface area contributed by atoms with Crippen LogP contribution in [-0.2, 0) is 16.0 Å². The van der Waals surface area contributed by atoms with Gasteiger partial charge in [0.15, 0.2) is 0 Å². The molecule has 1 aliphatic rings. The van der Waals surface area contributed by atoms with E-state index in [4.69, 9.17) is 9.47 Å². The number of esters is 1. The molecule has 104 valence electrons. The van der Waals surface area contributed by atoms with Gasteiger partial charge in [0.1, 0.15) is 11.5 Å². The van der Waals surface area contributed by atoms with Crippen molar-refractivity contribution in [3.8, 4) is 11.5 Å². The largest absolute Gasteiger partial charge is 0.507 e. The number of aromatic hydroxyl groups is 1. The Hall–Kier alpha value is -1.71. The number of phenolic OH excluding ortho intramolecular Hbond substituents is 1. The van der Waals surface area contributed by atoms with Crippen LogP contribution in [0.25, 0.3) is 0 Å². The summed E-state index contributed by atoms with van der Waals surface area (Å²) in [6, 6.07) is 0. The van der Waals surface area contributed by atoms with Crippen molar-refractivity contribution >= 4 is 5.97 Å². The second-order valence-corrected chi connectivity index (χ2v) is 5.36. The number of benzene rings is 1. The number of carbonyl (C=O) groups excluding carboxylic acids is 1. The highest BCUT2D eigenvalue weighted by Gasteiger charge is 2.41. The maximum Gasteiger partial charge on any atom is 0.349 e. The number of ether oxygens (including phenoxy) is 2. The lowest BCUT2D eigenvalue weighted by Gasteiger charge is -2.35. The number of carbonyl (C=O) groups is 1. The van der Waals surface area contributed by atoms with Crippen molar-refractivity contribution in [2.45, 2.75) is 46.1 Å². The maximum atomic E-state index is 11.8. The van der Waals surface area contributed by atoms with Crippen LogP contribution in [-0.4, -0.2) is 23.8 Å². The number of hydrogen-bond acceptors (Lipinski definition) is 4. The lowest BCUT2D eigenvalue weighted by atomic mass is 9.87. The molecule has 0 saturated carbocycles. The van der Waals surface area contributed by atoms with Gasteiger partial charge in [0.05, 0.1) is 7.11 Å². The van der Waals surface area contributed by atoms with Crippen molar-refractivity contribution in [1.29, 1.82) is 0 Å². The third-order valence-electron chi connectivity index (χ3n) is 4.14. The summed E-state index contributed by atoms with van der Waals surface area (Å²) in [5.41, 5.74) is 2.56. The molecule has 0 bridgehead atoms. The Morgan fingerprint density at radius 3 is 2.47 bits per heavy atom. The molecule has 1 aromatic rings. The van der Waals surface area contributed by atoms with Gasteiger partial charge in [-0.05, 0) is 50.8 Å². The minimum absolute atomic E-state index is 0.321. The Kier molecular flexibility index (Phi) is 3.20. The average molecular weight is 264 g/mol. The zero-order chi connectivity index (χ0) is 14.4. The smallest absolute Gasteiger partial charge is 0.349 e. The highest BCUT2D eigenvalue weighted by molar-refractivity contribution is 5.80. The Morgan fingerprint density at radius 1 is 1.26 bits per heavy atom. The van der Waals surface area contributed by atoms with Crippen molar-refractivity contribution in [1.82, 2.24) is 0 Å². The molecule has 0 aliphatic carbocycles. The number of methoxy groups -OCH3 is 1. The summed E-state index contributed by atoms with van der Waals surface area (Å²) in [4.78, 5) is 11.8. The molecule has 1 aliphatic heterocycles. The van der Waals surface area contributed by atoms with E-state index >= 15 is 0 Å². The van der Waals surface area contributed by atoms with Crippen molar-refractivity contribution < 1.29 is 19.4 Å². The lowest BCUT2D eigenvalue weighted by Crippen LogP contribution is -2.45. The minimum atomic E-state index is -0.942. The average Bonchev–Trinajstić information content (AvgIpc) is 2.41. The van der Waals surface area contributed by atoms with Crippen LogP contribution in [0.4, 0.5) is 0 Å². The first kappa shape index (κ1) is 13.7. The summed E-state index contributed by atoms with van der Waals surface area (Å²) >= 11 is 0. The van der Waals surface area contributed by atoms with E-state index in [2.05, 4.69) is 0 Å². The monoisotopic (exact) mass is 264 g/mol. The van der Waals surface area contributed by atoms with Crippen LogP contribution in [0.5, 0.6) is 11.5 Å². The standard InChI is InChI=1S/C15H20O4/c1-8-9(2)13-11(10(3)12(8)16)6-7-15(4,19-13)14(17)18-5/h16H,6-7H2,1-5H3/t15-/m0/s1. The summed E-state index contributed by atoms with van der Waals surface area (Å²) in [7, 11) is 1.37. The van der Waals surface area contributed by atoms with Crippen LogP contribution in [0.3, 0.4) is 0 Å². The van der Waals surface area contributed by atoms with E-state index in [0.717, 1.165) is 22.3 Å². The molecule has 4 nitrogen and oxygen atoms in total. The molecule has 0 radical (unpaired) electrons. The Bertz CT molecular complexity index is 548. The summed E-state index contributed by atoms with van der Waals surface area (Å²) in [5, 5.41) is 10.1. The fourth-order valence-electron chi connectivity index (χ4n) is 2.61. The molecule has 1 aromatic carbocycles.